The van der Waals surface area contributed by atoms with E-state index in [0.29, 0.717) is 29.3 Å². The summed E-state index contributed by atoms with van der Waals surface area (Å²) in [5.41, 5.74) is 2.19. The lowest BCUT2D eigenvalue weighted by Crippen LogP contribution is -2.23. The Hall–Kier alpha value is -3.35. The first-order chi connectivity index (χ1) is 13.0. The fraction of sp³-hybridized carbons (Fsp3) is 0.200. The van der Waals surface area contributed by atoms with Gasteiger partial charge in [-0.3, -0.25) is 9.48 Å². The first-order valence-electron chi connectivity index (χ1n) is 8.31. The monoisotopic (exact) mass is 369 g/mol. The molecule has 1 aromatic heterocycles. The third kappa shape index (κ3) is 3.92. The molecule has 0 radical (unpaired) electrons. The Balaban J connectivity index is 1.82. The predicted molar refractivity (Wildman–Crippen MR) is 99.3 cm³/mol. The Morgan fingerprint density at radius 3 is 2.59 bits per heavy atom. The number of carbonyl (C=O) groups is 1. The second-order valence-corrected chi connectivity index (χ2v) is 5.88. The van der Waals surface area contributed by atoms with Crippen LogP contribution in [-0.4, -0.2) is 29.9 Å². The van der Waals surface area contributed by atoms with E-state index >= 15 is 0 Å². The molecule has 0 fully saturated rings. The van der Waals surface area contributed by atoms with Gasteiger partial charge in [0.1, 0.15) is 17.3 Å². The maximum atomic E-state index is 13.7. The molecule has 140 valence electrons. The average Bonchev–Trinajstić information content (AvgIpc) is 3.07. The standard InChI is InChI=1S/C20H20FN3O3/c1-24-17(15-10-14(21)8-9-19(15)27-3)11-16(23-24)20(25)22-12-13-6-4-5-7-18(13)26-2/h4-11H,12H2,1-3H3,(H,22,25). The molecule has 2 aromatic carbocycles. The first kappa shape index (κ1) is 18.4. The molecule has 3 rings (SSSR count). The van der Waals surface area contributed by atoms with Crippen molar-refractivity contribution in [2.45, 2.75) is 6.54 Å². The minimum Gasteiger partial charge on any atom is -0.496 e. The highest BCUT2D eigenvalue weighted by Crippen LogP contribution is 2.30. The van der Waals surface area contributed by atoms with E-state index in [1.54, 1.807) is 26.3 Å². The summed E-state index contributed by atoms with van der Waals surface area (Å²) in [4.78, 5) is 12.5. The van der Waals surface area contributed by atoms with Gasteiger partial charge in [-0.05, 0) is 30.3 Å². The number of methoxy groups -OCH3 is 2. The minimum absolute atomic E-state index is 0.230. The van der Waals surface area contributed by atoms with E-state index in [-0.39, 0.29) is 11.6 Å². The summed E-state index contributed by atoms with van der Waals surface area (Å²) in [6.45, 7) is 0.304. The lowest BCUT2D eigenvalue weighted by atomic mass is 10.1. The molecule has 0 saturated heterocycles. The van der Waals surface area contributed by atoms with Crippen molar-refractivity contribution in [3.63, 3.8) is 0 Å². The van der Waals surface area contributed by atoms with E-state index in [1.807, 2.05) is 24.3 Å². The third-order valence-corrected chi connectivity index (χ3v) is 4.18. The molecule has 7 heteroatoms. The highest BCUT2D eigenvalue weighted by Gasteiger charge is 2.17. The molecule has 0 aliphatic heterocycles. The number of hydrogen-bond acceptors (Lipinski definition) is 4. The maximum absolute atomic E-state index is 13.7. The van der Waals surface area contributed by atoms with Gasteiger partial charge in [-0.25, -0.2) is 4.39 Å². The number of amides is 1. The van der Waals surface area contributed by atoms with Gasteiger partial charge in [0.2, 0.25) is 0 Å². The highest BCUT2D eigenvalue weighted by molar-refractivity contribution is 5.93. The molecule has 0 aliphatic rings. The third-order valence-electron chi connectivity index (χ3n) is 4.18. The molecule has 6 nitrogen and oxygen atoms in total. The van der Waals surface area contributed by atoms with Crippen LogP contribution in [0.3, 0.4) is 0 Å². The van der Waals surface area contributed by atoms with Crippen LogP contribution < -0.4 is 14.8 Å². The van der Waals surface area contributed by atoms with Crippen LogP contribution in [0.5, 0.6) is 11.5 Å². The fourth-order valence-corrected chi connectivity index (χ4v) is 2.83. The zero-order valence-electron chi connectivity index (χ0n) is 15.3. The number of hydrogen-bond donors (Lipinski definition) is 1. The van der Waals surface area contributed by atoms with Crippen molar-refractivity contribution in [3.05, 3.63) is 65.6 Å². The lowest BCUT2D eigenvalue weighted by Gasteiger charge is -2.08. The van der Waals surface area contributed by atoms with Crippen LogP contribution >= 0.6 is 0 Å². The summed E-state index contributed by atoms with van der Waals surface area (Å²) in [5, 5.41) is 7.06. The van der Waals surface area contributed by atoms with Crippen molar-refractivity contribution >= 4 is 5.91 Å². The van der Waals surface area contributed by atoms with E-state index < -0.39 is 5.82 Å². The summed E-state index contributed by atoms with van der Waals surface area (Å²) in [5.74, 6) is 0.469. The summed E-state index contributed by atoms with van der Waals surface area (Å²) < 4.78 is 25.8. The molecule has 1 heterocycles. The van der Waals surface area contributed by atoms with Gasteiger partial charge in [-0.2, -0.15) is 5.10 Å². The van der Waals surface area contributed by atoms with Gasteiger partial charge in [0.05, 0.1) is 19.9 Å². The summed E-state index contributed by atoms with van der Waals surface area (Å²) in [7, 11) is 4.78. The molecule has 0 aliphatic carbocycles. The first-order valence-corrected chi connectivity index (χ1v) is 8.31. The van der Waals surface area contributed by atoms with Crippen molar-refractivity contribution in [2.24, 2.45) is 7.05 Å². The maximum Gasteiger partial charge on any atom is 0.272 e. The topological polar surface area (TPSA) is 65.4 Å². The number of aromatic nitrogens is 2. The molecule has 0 bridgehead atoms. The van der Waals surface area contributed by atoms with Crippen molar-refractivity contribution < 1.29 is 18.7 Å². The van der Waals surface area contributed by atoms with Crippen LogP contribution in [0.25, 0.3) is 11.3 Å². The zero-order chi connectivity index (χ0) is 19.4. The van der Waals surface area contributed by atoms with Crippen molar-refractivity contribution in [1.82, 2.24) is 15.1 Å². The molecule has 0 atom stereocenters. The van der Waals surface area contributed by atoms with Gasteiger partial charge in [-0.15, -0.1) is 0 Å². The lowest BCUT2D eigenvalue weighted by molar-refractivity contribution is 0.0945. The van der Waals surface area contributed by atoms with Gasteiger partial charge in [-0.1, -0.05) is 18.2 Å². The Labute approximate surface area is 156 Å². The molecular formula is C20H20FN3O3. The Morgan fingerprint density at radius 2 is 1.85 bits per heavy atom. The summed E-state index contributed by atoms with van der Waals surface area (Å²) >= 11 is 0. The largest absolute Gasteiger partial charge is 0.496 e. The van der Waals surface area contributed by atoms with Crippen LogP contribution in [0.1, 0.15) is 16.1 Å². The molecule has 1 amide bonds. The molecule has 1 N–H and O–H groups in total. The molecular weight excluding hydrogens is 349 g/mol. The minimum atomic E-state index is -0.394. The van der Waals surface area contributed by atoms with E-state index in [4.69, 9.17) is 9.47 Å². The normalized spacial score (nSPS) is 10.5. The number of carbonyl (C=O) groups excluding carboxylic acids is 1. The number of aryl methyl sites for hydroxylation is 1. The van der Waals surface area contributed by atoms with E-state index in [1.165, 1.54) is 23.9 Å². The number of halogens is 1. The van der Waals surface area contributed by atoms with Crippen molar-refractivity contribution in [1.29, 1.82) is 0 Å². The molecule has 3 aromatic rings. The second kappa shape index (κ2) is 7.90. The molecule has 0 spiro atoms. The summed E-state index contributed by atoms with van der Waals surface area (Å²) in [6.07, 6.45) is 0. The van der Waals surface area contributed by atoms with Crippen molar-refractivity contribution in [3.8, 4) is 22.8 Å². The molecule has 0 unspecified atom stereocenters. The number of benzene rings is 2. The number of para-hydroxylation sites is 1. The van der Waals surface area contributed by atoms with Gasteiger partial charge in [0, 0.05) is 24.7 Å². The van der Waals surface area contributed by atoms with Crippen LogP contribution in [0.2, 0.25) is 0 Å². The zero-order valence-corrected chi connectivity index (χ0v) is 15.3. The van der Waals surface area contributed by atoms with Crippen LogP contribution in [-0.2, 0) is 13.6 Å². The Kier molecular flexibility index (Phi) is 5.40. The second-order valence-electron chi connectivity index (χ2n) is 5.88. The van der Waals surface area contributed by atoms with E-state index in [2.05, 4.69) is 10.4 Å². The Bertz CT molecular complexity index is 969. The van der Waals surface area contributed by atoms with Gasteiger partial charge in [0.25, 0.3) is 5.91 Å². The number of nitrogens with one attached hydrogen (secondary N) is 1. The average molecular weight is 369 g/mol. The van der Waals surface area contributed by atoms with Gasteiger partial charge in [0.15, 0.2) is 5.69 Å². The number of ether oxygens (including phenoxy) is 2. The van der Waals surface area contributed by atoms with E-state index in [0.717, 1.165) is 5.56 Å². The number of nitrogens with zero attached hydrogens (tertiary/aromatic N) is 2. The Morgan fingerprint density at radius 1 is 1.11 bits per heavy atom. The fourth-order valence-electron chi connectivity index (χ4n) is 2.83. The smallest absolute Gasteiger partial charge is 0.272 e. The van der Waals surface area contributed by atoms with E-state index in [9.17, 15) is 9.18 Å². The van der Waals surface area contributed by atoms with Crippen LogP contribution in [0, 0.1) is 5.82 Å². The van der Waals surface area contributed by atoms with Gasteiger partial charge < -0.3 is 14.8 Å². The molecule has 0 saturated carbocycles. The SMILES string of the molecule is COc1ccccc1CNC(=O)c1cc(-c2cc(F)ccc2OC)n(C)n1. The predicted octanol–water partition coefficient (Wildman–Crippen LogP) is 3.17. The van der Waals surface area contributed by atoms with Crippen molar-refractivity contribution in [2.75, 3.05) is 14.2 Å². The highest BCUT2D eigenvalue weighted by atomic mass is 19.1. The summed E-state index contributed by atoms with van der Waals surface area (Å²) in [6, 6.07) is 13.3. The quantitative estimate of drug-likeness (QED) is 0.725. The van der Waals surface area contributed by atoms with Gasteiger partial charge >= 0.3 is 0 Å². The van der Waals surface area contributed by atoms with Crippen LogP contribution in [0.4, 0.5) is 4.39 Å². The van der Waals surface area contributed by atoms with Crippen LogP contribution in [0.15, 0.2) is 48.5 Å². The number of rotatable bonds is 6. The molecule has 27 heavy (non-hydrogen) atoms.